The van der Waals surface area contributed by atoms with Crippen LogP contribution in [0.4, 0.5) is 0 Å². The van der Waals surface area contributed by atoms with Crippen molar-refractivity contribution in [3.05, 3.63) is 35.9 Å². The van der Waals surface area contributed by atoms with Crippen molar-refractivity contribution >= 4 is 14.0 Å². The number of rotatable bonds is 7. The molecule has 1 aromatic carbocycles. The number of methoxy groups -OCH3 is 2. The molecule has 0 atom stereocenters. The Balaban J connectivity index is 2.79. The van der Waals surface area contributed by atoms with Crippen LogP contribution in [0.5, 0.6) is 0 Å². The third-order valence-electron chi connectivity index (χ3n) is 4.91. The third kappa shape index (κ3) is 4.90. The minimum absolute atomic E-state index is 0.0392. The van der Waals surface area contributed by atoms with E-state index < -0.39 is 13.9 Å². The number of hydrogen-bond donors (Lipinski definition) is 0. The second kappa shape index (κ2) is 7.60. The second-order valence-corrected chi connectivity index (χ2v) is 13.1. The first kappa shape index (κ1) is 19.9. The Morgan fingerprint density at radius 1 is 1.04 bits per heavy atom. The fourth-order valence-corrected chi connectivity index (χ4v) is 3.42. The summed E-state index contributed by atoms with van der Waals surface area (Å²) in [5.41, 5.74) is 0.824. The van der Waals surface area contributed by atoms with Crippen molar-refractivity contribution in [3.63, 3.8) is 0 Å². The Bertz CT molecular complexity index is 502. The predicted octanol–water partition coefficient (Wildman–Crippen LogP) is 4.18. The number of hydrogen-bond acceptors (Lipinski definition) is 4. The van der Waals surface area contributed by atoms with Gasteiger partial charge in [-0.2, -0.15) is 0 Å². The molecule has 0 heterocycles. The maximum atomic E-state index is 12.3. The molecule has 0 aromatic heterocycles. The molecule has 0 spiro atoms. The van der Waals surface area contributed by atoms with Gasteiger partial charge in [0.2, 0.25) is 5.79 Å². The lowest BCUT2D eigenvalue weighted by molar-refractivity contribution is -0.242. The molecule has 130 valence electrons. The van der Waals surface area contributed by atoms with Gasteiger partial charge in [-0.15, -0.1) is 0 Å². The zero-order valence-corrected chi connectivity index (χ0v) is 16.4. The first-order valence-corrected chi connectivity index (χ1v) is 11.1. The van der Waals surface area contributed by atoms with Crippen molar-refractivity contribution < 1.29 is 19.0 Å². The van der Waals surface area contributed by atoms with Crippen LogP contribution in [-0.4, -0.2) is 34.9 Å². The standard InChI is InChI=1S/C18H30O4Si/c1-17(2,3)23(6,7)13-16(19)22-14-18(20-4,21-5)15-11-9-8-10-12-15/h8-12H,13-14H2,1-7H3. The van der Waals surface area contributed by atoms with Crippen molar-refractivity contribution in [2.24, 2.45) is 0 Å². The van der Waals surface area contributed by atoms with Crippen LogP contribution in [0.2, 0.25) is 24.2 Å². The molecule has 23 heavy (non-hydrogen) atoms. The number of carbonyl (C=O) groups excluding carboxylic acids is 1. The fraction of sp³-hybridized carbons (Fsp3) is 0.611. The van der Waals surface area contributed by atoms with E-state index >= 15 is 0 Å². The van der Waals surface area contributed by atoms with Crippen molar-refractivity contribution in [2.75, 3.05) is 20.8 Å². The average molecular weight is 339 g/mol. The van der Waals surface area contributed by atoms with Gasteiger partial charge in [-0.1, -0.05) is 64.2 Å². The maximum absolute atomic E-state index is 12.3. The summed E-state index contributed by atoms with van der Waals surface area (Å²) in [6.45, 7) is 11.0. The SMILES string of the molecule is COC(COC(=O)C[Si](C)(C)C(C)(C)C)(OC)c1ccccc1. The van der Waals surface area contributed by atoms with Gasteiger partial charge in [0, 0.05) is 25.8 Å². The summed E-state index contributed by atoms with van der Waals surface area (Å²) in [7, 11) is 1.39. The quantitative estimate of drug-likeness (QED) is 0.425. The summed E-state index contributed by atoms with van der Waals surface area (Å²) in [5, 5.41) is 0.144. The van der Waals surface area contributed by atoms with E-state index in [-0.39, 0.29) is 17.6 Å². The minimum Gasteiger partial charge on any atom is -0.460 e. The van der Waals surface area contributed by atoms with Crippen LogP contribution in [0.3, 0.4) is 0 Å². The van der Waals surface area contributed by atoms with Gasteiger partial charge in [-0.25, -0.2) is 0 Å². The van der Waals surface area contributed by atoms with E-state index in [0.717, 1.165) is 5.56 Å². The number of benzene rings is 1. The number of ether oxygens (including phenoxy) is 3. The lowest BCUT2D eigenvalue weighted by Crippen LogP contribution is -2.41. The van der Waals surface area contributed by atoms with Gasteiger partial charge in [-0.05, 0) is 5.04 Å². The summed E-state index contributed by atoms with van der Waals surface area (Å²) in [6.07, 6.45) is 0. The van der Waals surface area contributed by atoms with Gasteiger partial charge in [0.15, 0.2) is 0 Å². The van der Waals surface area contributed by atoms with E-state index in [2.05, 4.69) is 33.9 Å². The number of carbonyl (C=O) groups is 1. The van der Waals surface area contributed by atoms with E-state index in [9.17, 15) is 4.79 Å². The van der Waals surface area contributed by atoms with E-state index in [0.29, 0.717) is 6.04 Å². The third-order valence-corrected chi connectivity index (χ3v) is 10.1. The van der Waals surface area contributed by atoms with Gasteiger partial charge in [0.25, 0.3) is 0 Å². The molecule has 0 aliphatic carbocycles. The zero-order valence-electron chi connectivity index (χ0n) is 15.4. The molecule has 0 saturated carbocycles. The van der Waals surface area contributed by atoms with Gasteiger partial charge in [0.1, 0.15) is 6.61 Å². The normalized spacial score (nSPS) is 13.0. The first-order valence-electron chi connectivity index (χ1n) is 7.89. The minimum atomic E-state index is -1.72. The Kier molecular flexibility index (Phi) is 6.56. The largest absolute Gasteiger partial charge is 0.460 e. The van der Waals surface area contributed by atoms with E-state index in [1.807, 2.05) is 30.3 Å². The molecule has 0 saturated heterocycles. The van der Waals surface area contributed by atoms with Crippen molar-refractivity contribution in [1.82, 2.24) is 0 Å². The smallest absolute Gasteiger partial charge is 0.303 e. The summed E-state index contributed by atoms with van der Waals surface area (Å²) in [6, 6.07) is 10.0. The molecule has 4 nitrogen and oxygen atoms in total. The first-order chi connectivity index (χ1) is 10.6. The molecule has 0 aliphatic heterocycles. The summed E-state index contributed by atoms with van der Waals surface area (Å²) < 4.78 is 16.6. The monoisotopic (exact) mass is 338 g/mol. The predicted molar refractivity (Wildman–Crippen MR) is 95.1 cm³/mol. The van der Waals surface area contributed by atoms with Crippen LogP contribution in [-0.2, 0) is 24.8 Å². The summed E-state index contributed by atoms with van der Waals surface area (Å²) >= 11 is 0. The molecule has 1 rings (SSSR count). The molecule has 0 bridgehead atoms. The van der Waals surface area contributed by atoms with Crippen molar-refractivity contribution in [1.29, 1.82) is 0 Å². The molecular formula is C18H30O4Si. The van der Waals surface area contributed by atoms with Crippen molar-refractivity contribution in [2.45, 2.75) is 50.7 Å². The molecule has 0 fully saturated rings. The van der Waals surface area contributed by atoms with Gasteiger partial charge >= 0.3 is 5.97 Å². The zero-order chi connectivity index (χ0) is 17.7. The van der Waals surface area contributed by atoms with Crippen LogP contribution in [0.1, 0.15) is 26.3 Å². The topological polar surface area (TPSA) is 44.8 Å². The Morgan fingerprint density at radius 3 is 2.00 bits per heavy atom. The molecule has 0 radical (unpaired) electrons. The lowest BCUT2D eigenvalue weighted by Gasteiger charge is -2.36. The van der Waals surface area contributed by atoms with Crippen LogP contribution in [0, 0.1) is 0 Å². The lowest BCUT2D eigenvalue weighted by atomic mass is 10.1. The highest BCUT2D eigenvalue weighted by molar-refractivity contribution is 6.82. The Morgan fingerprint density at radius 2 is 1.57 bits per heavy atom. The Hall–Kier alpha value is -1.17. The molecule has 0 unspecified atom stereocenters. The van der Waals surface area contributed by atoms with Crippen LogP contribution >= 0.6 is 0 Å². The molecule has 0 aliphatic rings. The second-order valence-electron chi connectivity index (χ2n) is 7.50. The highest BCUT2D eigenvalue weighted by Gasteiger charge is 2.39. The van der Waals surface area contributed by atoms with Crippen LogP contribution in [0.15, 0.2) is 30.3 Å². The molecule has 5 heteroatoms. The average Bonchev–Trinajstić information content (AvgIpc) is 2.48. The van der Waals surface area contributed by atoms with E-state index in [1.54, 1.807) is 14.2 Å². The fourth-order valence-electron chi connectivity index (χ4n) is 2.06. The number of esters is 1. The molecular weight excluding hydrogens is 308 g/mol. The van der Waals surface area contributed by atoms with Crippen molar-refractivity contribution in [3.8, 4) is 0 Å². The molecule has 0 amide bonds. The van der Waals surface area contributed by atoms with Gasteiger partial charge in [0.05, 0.1) is 8.07 Å². The summed E-state index contributed by atoms with van der Waals surface area (Å²) in [4.78, 5) is 12.3. The summed E-state index contributed by atoms with van der Waals surface area (Å²) in [5.74, 6) is -1.25. The van der Waals surface area contributed by atoms with Gasteiger partial charge in [-0.3, -0.25) is 4.79 Å². The molecule has 0 N–H and O–H groups in total. The Labute approximate surface area is 141 Å². The highest BCUT2D eigenvalue weighted by Crippen LogP contribution is 2.39. The van der Waals surface area contributed by atoms with Crippen LogP contribution < -0.4 is 0 Å². The molecule has 1 aromatic rings. The highest BCUT2D eigenvalue weighted by atomic mass is 28.3. The van der Waals surface area contributed by atoms with E-state index in [1.165, 1.54) is 0 Å². The van der Waals surface area contributed by atoms with E-state index in [4.69, 9.17) is 14.2 Å². The van der Waals surface area contributed by atoms with Gasteiger partial charge < -0.3 is 14.2 Å². The van der Waals surface area contributed by atoms with Crippen LogP contribution in [0.25, 0.3) is 0 Å². The maximum Gasteiger partial charge on any atom is 0.303 e.